The van der Waals surface area contributed by atoms with E-state index in [9.17, 15) is 13.5 Å². The maximum absolute atomic E-state index is 11.7. The van der Waals surface area contributed by atoms with Crippen molar-refractivity contribution in [2.75, 3.05) is 5.75 Å². The Kier molecular flexibility index (Phi) is 2.31. The Balaban J connectivity index is 2.60. The molecular weight excluding hydrogens is 212 g/mol. The number of benzene rings is 1. The number of fused-ring (bicyclic) bond motifs is 1. The fourth-order valence-corrected chi connectivity index (χ4v) is 3.40. The molecule has 0 atom stereocenters. The first-order valence-electron chi connectivity index (χ1n) is 4.74. The van der Waals surface area contributed by atoms with Gasteiger partial charge in [0, 0.05) is 5.56 Å². The number of aliphatic hydroxyl groups is 1. The third-order valence-corrected chi connectivity index (χ3v) is 4.48. The van der Waals surface area contributed by atoms with Crippen LogP contribution in [0.4, 0.5) is 0 Å². The summed E-state index contributed by atoms with van der Waals surface area (Å²) in [5.74, 6) is 0.195. The highest BCUT2D eigenvalue weighted by Crippen LogP contribution is 2.27. The molecule has 3 nitrogen and oxygen atoms in total. The van der Waals surface area contributed by atoms with Crippen LogP contribution in [-0.4, -0.2) is 19.3 Å². The molecule has 0 fully saturated rings. The summed E-state index contributed by atoms with van der Waals surface area (Å²) in [7, 11) is -3.10. The molecule has 0 aliphatic carbocycles. The Morgan fingerprint density at radius 2 is 2.13 bits per heavy atom. The zero-order valence-corrected chi connectivity index (χ0v) is 9.05. The number of sulfone groups is 1. The molecule has 1 aliphatic heterocycles. The summed E-state index contributed by atoms with van der Waals surface area (Å²) in [6.07, 6.45) is 1.40. The van der Waals surface area contributed by atoms with Crippen molar-refractivity contribution in [3.8, 4) is 0 Å². The van der Waals surface area contributed by atoms with Gasteiger partial charge in [0.2, 0.25) is 0 Å². The Morgan fingerprint density at radius 1 is 1.40 bits per heavy atom. The molecule has 15 heavy (non-hydrogen) atoms. The molecule has 1 N–H and O–H groups in total. The molecule has 0 unspecified atom stereocenters. The molecule has 4 heteroatoms. The van der Waals surface area contributed by atoms with Crippen molar-refractivity contribution in [3.63, 3.8) is 0 Å². The molecule has 0 spiro atoms. The lowest BCUT2D eigenvalue weighted by atomic mass is 10.1. The first-order valence-corrected chi connectivity index (χ1v) is 6.40. The topological polar surface area (TPSA) is 54.4 Å². The van der Waals surface area contributed by atoms with E-state index in [0.717, 1.165) is 12.0 Å². The molecular formula is C11H12O3S. The lowest BCUT2D eigenvalue weighted by molar-refractivity contribution is 0.513. The first-order chi connectivity index (χ1) is 7.00. The third-order valence-electron chi connectivity index (χ3n) is 2.59. The van der Waals surface area contributed by atoms with Gasteiger partial charge in [-0.2, -0.15) is 0 Å². The number of rotatable bonds is 1. The molecule has 2 rings (SSSR count). The molecule has 1 aromatic rings. The van der Waals surface area contributed by atoms with Crippen molar-refractivity contribution in [2.24, 2.45) is 0 Å². The van der Waals surface area contributed by atoms with Crippen LogP contribution in [0.5, 0.6) is 0 Å². The molecule has 0 amide bonds. The van der Waals surface area contributed by atoms with E-state index in [1.165, 1.54) is 0 Å². The highest BCUT2D eigenvalue weighted by atomic mass is 32.2. The molecule has 80 valence electrons. The van der Waals surface area contributed by atoms with Gasteiger partial charge in [-0.25, -0.2) is 8.42 Å². The Bertz CT molecular complexity index is 515. The molecule has 0 saturated heterocycles. The van der Waals surface area contributed by atoms with Crippen LogP contribution < -0.4 is 0 Å². The minimum Gasteiger partial charge on any atom is -0.508 e. The number of hydrogen-bond donors (Lipinski definition) is 1. The van der Waals surface area contributed by atoms with Crippen LogP contribution in [0.15, 0.2) is 29.7 Å². The summed E-state index contributed by atoms with van der Waals surface area (Å²) in [5, 5.41) is 9.21. The van der Waals surface area contributed by atoms with Gasteiger partial charge in [-0.15, -0.1) is 0 Å². The second kappa shape index (κ2) is 3.38. The monoisotopic (exact) mass is 224 g/mol. The molecule has 0 aromatic heterocycles. The lowest BCUT2D eigenvalue weighted by Gasteiger charge is -2.16. The maximum Gasteiger partial charge on any atom is 0.178 e. The van der Waals surface area contributed by atoms with Crippen LogP contribution in [0.3, 0.4) is 0 Å². The molecule has 1 heterocycles. The zero-order valence-electron chi connectivity index (χ0n) is 8.23. The zero-order chi connectivity index (χ0) is 11.1. The van der Waals surface area contributed by atoms with E-state index in [0.29, 0.717) is 16.9 Å². The molecule has 1 aliphatic rings. The minimum absolute atomic E-state index is 0.0271. The van der Waals surface area contributed by atoms with Crippen LogP contribution in [0.2, 0.25) is 0 Å². The Morgan fingerprint density at radius 3 is 2.80 bits per heavy atom. The average molecular weight is 224 g/mol. The van der Waals surface area contributed by atoms with Gasteiger partial charge < -0.3 is 5.11 Å². The van der Waals surface area contributed by atoms with Gasteiger partial charge in [0.05, 0.1) is 10.6 Å². The summed E-state index contributed by atoms with van der Waals surface area (Å²) < 4.78 is 23.3. The highest BCUT2D eigenvalue weighted by molar-refractivity contribution is 7.91. The standard InChI is InChI=1S/C11H12O3S/c1-8(12)9-4-5-11-10(7-9)3-2-6-15(11,13)14/h4-5,7,12H,1-3,6H2. The van der Waals surface area contributed by atoms with Gasteiger partial charge in [-0.3, -0.25) is 0 Å². The summed E-state index contributed by atoms with van der Waals surface area (Å²) >= 11 is 0. The predicted molar refractivity (Wildman–Crippen MR) is 58.5 cm³/mol. The van der Waals surface area contributed by atoms with E-state index in [2.05, 4.69) is 6.58 Å². The van der Waals surface area contributed by atoms with Crippen LogP contribution in [-0.2, 0) is 16.3 Å². The minimum atomic E-state index is -3.10. The number of hydrogen-bond acceptors (Lipinski definition) is 3. The highest BCUT2D eigenvalue weighted by Gasteiger charge is 2.23. The molecule has 0 radical (unpaired) electrons. The lowest BCUT2D eigenvalue weighted by Crippen LogP contribution is -2.16. The Hall–Kier alpha value is -1.29. The van der Waals surface area contributed by atoms with Gasteiger partial charge >= 0.3 is 0 Å². The van der Waals surface area contributed by atoms with Gasteiger partial charge in [-0.1, -0.05) is 6.58 Å². The second-order valence-corrected chi connectivity index (χ2v) is 5.77. The first kappa shape index (κ1) is 10.2. The van der Waals surface area contributed by atoms with Crippen molar-refractivity contribution in [1.29, 1.82) is 0 Å². The van der Waals surface area contributed by atoms with Crippen molar-refractivity contribution in [2.45, 2.75) is 17.7 Å². The largest absolute Gasteiger partial charge is 0.508 e. The number of aliphatic hydroxyl groups excluding tert-OH is 1. The fraction of sp³-hybridized carbons (Fsp3) is 0.273. The third kappa shape index (κ3) is 1.77. The van der Waals surface area contributed by atoms with Gasteiger partial charge in [-0.05, 0) is 36.6 Å². The second-order valence-electron chi connectivity index (χ2n) is 3.69. The summed E-state index contributed by atoms with van der Waals surface area (Å²) in [5.41, 5.74) is 1.37. The van der Waals surface area contributed by atoms with E-state index in [1.807, 2.05) is 0 Å². The quantitative estimate of drug-likeness (QED) is 0.742. The number of aryl methyl sites for hydroxylation is 1. The molecule has 0 saturated carbocycles. The van der Waals surface area contributed by atoms with Gasteiger partial charge in [0.15, 0.2) is 9.84 Å². The maximum atomic E-state index is 11.7. The van der Waals surface area contributed by atoms with Crippen LogP contribution >= 0.6 is 0 Å². The van der Waals surface area contributed by atoms with Crippen LogP contribution in [0, 0.1) is 0 Å². The van der Waals surface area contributed by atoms with Crippen molar-refractivity contribution < 1.29 is 13.5 Å². The van der Waals surface area contributed by atoms with E-state index in [4.69, 9.17) is 0 Å². The molecule has 0 bridgehead atoms. The van der Waals surface area contributed by atoms with Gasteiger partial charge in [0.1, 0.15) is 5.76 Å². The van der Waals surface area contributed by atoms with E-state index in [1.54, 1.807) is 18.2 Å². The SMILES string of the molecule is C=C(O)c1ccc2c(c1)CCCS2(=O)=O. The normalized spacial score (nSPS) is 18.1. The van der Waals surface area contributed by atoms with Crippen molar-refractivity contribution in [1.82, 2.24) is 0 Å². The summed E-state index contributed by atoms with van der Waals surface area (Å²) in [6, 6.07) is 4.85. The average Bonchev–Trinajstić information content (AvgIpc) is 2.16. The predicted octanol–water partition coefficient (Wildman–Crippen LogP) is 1.94. The summed E-state index contributed by atoms with van der Waals surface area (Å²) in [6.45, 7) is 3.42. The summed E-state index contributed by atoms with van der Waals surface area (Å²) in [4.78, 5) is 0.402. The van der Waals surface area contributed by atoms with Crippen molar-refractivity contribution >= 4 is 15.6 Å². The van der Waals surface area contributed by atoms with Crippen LogP contribution in [0.1, 0.15) is 17.5 Å². The van der Waals surface area contributed by atoms with E-state index < -0.39 is 9.84 Å². The fourth-order valence-electron chi connectivity index (χ4n) is 1.82. The van der Waals surface area contributed by atoms with E-state index >= 15 is 0 Å². The smallest absolute Gasteiger partial charge is 0.178 e. The van der Waals surface area contributed by atoms with Crippen molar-refractivity contribution in [3.05, 3.63) is 35.9 Å². The molecule has 1 aromatic carbocycles. The van der Waals surface area contributed by atoms with E-state index in [-0.39, 0.29) is 11.5 Å². The van der Waals surface area contributed by atoms with Gasteiger partial charge in [0.25, 0.3) is 0 Å². The Labute approximate surface area is 89.0 Å². The van der Waals surface area contributed by atoms with Crippen LogP contribution in [0.25, 0.3) is 5.76 Å².